The van der Waals surface area contributed by atoms with Gasteiger partial charge in [-0.05, 0) is 44.6 Å². The Morgan fingerprint density at radius 1 is 0.698 bits per heavy atom. The van der Waals surface area contributed by atoms with Gasteiger partial charge in [0.15, 0.2) is 0 Å². The summed E-state index contributed by atoms with van der Waals surface area (Å²) in [5.74, 6) is -8.92. The van der Waals surface area contributed by atoms with Crippen LogP contribution in [0.2, 0.25) is 0 Å². The van der Waals surface area contributed by atoms with Crippen LogP contribution in [0.4, 0.5) is 0 Å². The number of carboxylic acids is 1. The van der Waals surface area contributed by atoms with Crippen LogP contribution in [0, 0.1) is 5.92 Å². The number of likely N-dealkylation sites (tertiary alicyclic amines) is 1. The average molecular weight is 928 g/mol. The number of rotatable bonds is 25. The minimum absolute atomic E-state index is 0.00476. The van der Waals surface area contributed by atoms with Crippen molar-refractivity contribution in [2.24, 2.45) is 11.7 Å². The predicted octanol–water partition coefficient (Wildman–Crippen LogP) is -4.68. The lowest BCUT2D eigenvalue weighted by Crippen LogP contribution is -2.62. The molecule has 352 valence electrons. The van der Waals surface area contributed by atoms with Crippen molar-refractivity contribution < 1.29 is 63.6 Å². The Labute approximate surface area is 375 Å². The maximum atomic E-state index is 13.9. The number of nitrogens with two attached hydrogens (primary N) is 1. The number of aliphatic hydroxyl groups excluding tert-OH is 3. The molecule has 1 aromatic carbocycles. The van der Waals surface area contributed by atoms with Crippen LogP contribution >= 0.6 is 25.3 Å². The van der Waals surface area contributed by atoms with Gasteiger partial charge in [-0.3, -0.25) is 38.4 Å². The zero-order valence-electron chi connectivity index (χ0n) is 35.5. The summed E-state index contributed by atoms with van der Waals surface area (Å²) >= 11 is 7.93. The fourth-order valence-electron chi connectivity index (χ4n) is 6.34. The highest BCUT2D eigenvalue weighted by Crippen LogP contribution is 2.19. The summed E-state index contributed by atoms with van der Waals surface area (Å²) in [5, 5.41) is 56.4. The fourth-order valence-corrected chi connectivity index (χ4v) is 6.74. The van der Waals surface area contributed by atoms with Crippen LogP contribution in [0.15, 0.2) is 30.3 Å². The van der Waals surface area contributed by atoms with Crippen LogP contribution in [-0.4, -0.2) is 170 Å². The molecule has 1 saturated heterocycles. The molecule has 0 spiro atoms. The number of carboxylic acid groups (broad SMARTS) is 1. The highest BCUT2D eigenvalue weighted by atomic mass is 32.1. The van der Waals surface area contributed by atoms with Gasteiger partial charge in [0.2, 0.25) is 47.3 Å². The van der Waals surface area contributed by atoms with Crippen LogP contribution in [0.25, 0.3) is 0 Å². The van der Waals surface area contributed by atoms with Crippen LogP contribution in [-0.2, 0) is 49.6 Å². The predicted molar refractivity (Wildman–Crippen MR) is 233 cm³/mol. The normalized spacial score (nSPS) is 17.9. The lowest BCUT2D eigenvalue weighted by Gasteiger charge is -2.29. The van der Waals surface area contributed by atoms with Crippen LogP contribution < -0.4 is 43.0 Å². The van der Waals surface area contributed by atoms with E-state index in [0.29, 0.717) is 12.0 Å². The second-order valence-electron chi connectivity index (χ2n) is 15.4. The molecule has 1 heterocycles. The molecule has 2 rings (SSSR count). The van der Waals surface area contributed by atoms with Gasteiger partial charge in [0.1, 0.15) is 48.3 Å². The van der Waals surface area contributed by atoms with Gasteiger partial charge < -0.3 is 68.3 Å². The Balaban J connectivity index is 2.21. The summed E-state index contributed by atoms with van der Waals surface area (Å²) in [6.45, 7) is 4.18. The Morgan fingerprint density at radius 3 is 1.76 bits per heavy atom. The van der Waals surface area contributed by atoms with Crippen molar-refractivity contribution in [1.29, 1.82) is 0 Å². The van der Waals surface area contributed by atoms with Crippen molar-refractivity contribution >= 4 is 78.5 Å². The molecule has 13 N–H and O–H groups in total. The van der Waals surface area contributed by atoms with E-state index in [2.05, 4.69) is 62.5 Å². The van der Waals surface area contributed by atoms with Gasteiger partial charge in [0.25, 0.3) is 0 Å². The molecular formula is C39H61N9O13S2. The smallest absolute Gasteiger partial charge is 0.327 e. The third-order valence-corrected chi connectivity index (χ3v) is 10.6. The topological polar surface area (TPSA) is 348 Å². The third-order valence-electron chi connectivity index (χ3n) is 9.85. The van der Waals surface area contributed by atoms with Gasteiger partial charge in [-0.2, -0.15) is 25.3 Å². The van der Waals surface area contributed by atoms with Crippen LogP contribution in [0.5, 0.6) is 0 Å². The second-order valence-corrected chi connectivity index (χ2v) is 16.2. The lowest BCUT2D eigenvalue weighted by atomic mass is 10.00. The van der Waals surface area contributed by atoms with E-state index in [1.807, 2.05) is 0 Å². The van der Waals surface area contributed by atoms with Gasteiger partial charge in [-0.25, -0.2) is 4.79 Å². The number of hydrogen-bond donors (Lipinski definition) is 14. The van der Waals surface area contributed by atoms with E-state index in [9.17, 15) is 63.6 Å². The quantitative estimate of drug-likeness (QED) is 0.0410. The first-order valence-corrected chi connectivity index (χ1v) is 21.5. The first-order chi connectivity index (χ1) is 29.7. The molecule has 1 aliphatic rings. The highest BCUT2D eigenvalue weighted by Gasteiger charge is 2.39. The molecule has 10 atom stereocenters. The Kier molecular flexibility index (Phi) is 22.8. The summed E-state index contributed by atoms with van der Waals surface area (Å²) < 4.78 is 0. The lowest BCUT2D eigenvalue weighted by molar-refractivity contribution is -0.141. The number of nitrogens with zero attached hydrogens (tertiary/aromatic N) is 1. The Morgan fingerprint density at radius 2 is 1.22 bits per heavy atom. The molecule has 1 fully saturated rings. The number of aliphatic hydroxyl groups is 3. The number of aliphatic carboxylic acids is 1. The molecule has 1 aliphatic heterocycles. The number of carbonyl (C=O) groups excluding carboxylic acids is 8. The van der Waals surface area contributed by atoms with Gasteiger partial charge in [0, 0.05) is 24.5 Å². The molecule has 63 heavy (non-hydrogen) atoms. The molecule has 0 aromatic heterocycles. The van der Waals surface area contributed by atoms with Gasteiger partial charge in [-0.1, -0.05) is 44.2 Å². The first kappa shape index (κ1) is 54.1. The standard InChI is InChI=1S/C39H61N9O13S2/c1-19(2)13-24(33(54)42-25(14-22-9-6-5-7-10-22)32(53)41-20(3)31(52)46-28(18-63)39(60)61)43-37(58)30(21(4)51)47-35(56)27(16-50)44-34(55)26(15-49)45-36(57)29-11-8-12-48(29)38(59)23(40)17-62/h5-7,9-10,19-21,23-30,49-51,62-63H,8,11-18,40H2,1-4H3,(H,41,53)(H,42,54)(H,43,58)(H,44,55)(H,45,57)(H,46,52)(H,47,56)(H,60,61)/t20-,21+,23-,24-,25-,26-,27-,28-,29-,30-/m0/s1. The summed E-state index contributed by atoms with van der Waals surface area (Å²) in [5.41, 5.74) is 6.40. The van der Waals surface area contributed by atoms with Gasteiger partial charge >= 0.3 is 5.97 Å². The van der Waals surface area contributed by atoms with E-state index >= 15 is 0 Å². The number of carbonyl (C=O) groups is 9. The number of amides is 8. The maximum absolute atomic E-state index is 13.9. The van der Waals surface area contributed by atoms with E-state index < -0.39 is 127 Å². The van der Waals surface area contributed by atoms with Crippen molar-refractivity contribution in [1.82, 2.24) is 42.1 Å². The second kappa shape index (κ2) is 26.6. The molecule has 0 aliphatic carbocycles. The van der Waals surface area contributed by atoms with Crippen molar-refractivity contribution in [2.75, 3.05) is 31.3 Å². The van der Waals surface area contributed by atoms with Gasteiger partial charge in [0.05, 0.1) is 25.4 Å². The monoisotopic (exact) mass is 927 g/mol. The Bertz CT molecular complexity index is 1760. The van der Waals surface area contributed by atoms with Crippen molar-refractivity contribution in [2.45, 2.75) is 114 Å². The van der Waals surface area contributed by atoms with Gasteiger partial charge in [-0.15, -0.1) is 0 Å². The van der Waals surface area contributed by atoms with Crippen molar-refractivity contribution in [3.8, 4) is 0 Å². The zero-order valence-corrected chi connectivity index (χ0v) is 37.3. The maximum Gasteiger partial charge on any atom is 0.327 e. The average Bonchev–Trinajstić information content (AvgIpc) is 3.74. The summed E-state index contributed by atoms with van der Waals surface area (Å²) in [6.07, 6.45) is -0.977. The number of thiol groups is 2. The van der Waals surface area contributed by atoms with Crippen molar-refractivity contribution in [3.63, 3.8) is 0 Å². The molecule has 1 aromatic rings. The number of nitrogens with one attached hydrogen (secondary N) is 7. The molecule has 22 nitrogen and oxygen atoms in total. The summed E-state index contributed by atoms with van der Waals surface area (Å²) in [6, 6.07) is -3.93. The van der Waals surface area contributed by atoms with E-state index in [4.69, 9.17) is 5.73 Å². The SMILES string of the molecule is CC(C)C[C@H](NC(=O)[C@@H](NC(=O)[C@H](CO)NC(=O)[C@H](CO)NC(=O)[C@@H]1CCCN1C(=O)[C@@H](N)CS)[C@@H](C)O)C(=O)N[C@@H](Cc1ccccc1)C(=O)N[C@@H](C)C(=O)N[C@@H](CS)C(=O)O. The van der Waals surface area contributed by atoms with E-state index in [-0.39, 0.29) is 43.2 Å². The van der Waals surface area contributed by atoms with E-state index in [1.54, 1.807) is 44.2 Å². The van der Waals surface area contributed by atoms with E-state index in [0.717, 1.165) is 6.92 Å². The first-order valence-electron chi connectivity index (χ1n) is 20.3. The fraction of sp³-hybridized carbons (Fsp3) is 0.615. The molecular weight excluding hydrogens is 867 g/mol. The minimum atomic E-state index is -1.78. The molecule has 0 radical (unpaired) electrons. The zero-order chi connectivity index (χ0) is 47.6. The molecule has 8 amide bonds. The van der Waals surface area contributed by atoms with Crippen LogP contribution in [0.3, 0.4) is 0 Å². The highest BCUT2D eigenvalue weighted by molar-refractivity contribution is 7.80. The summed E-state index contributed by atoms with van der Waals surface area (Å²) in [4.78, 5) is 119. The number of hydrogen-bond acceptors (Lipinski definition) is 15. The van der Waals surface area contributed by atoms with Crippen molar-refractivity contribution in [3.05, 3.63) is 35.9 Å². The third kappa shape index (κ3) is 16.9. The Hall–Kier alpha value is -5.01. The number of benzene rings is 1. The molecule has 0 unspecified atom stereocenters. The van der Waals surface area contributed by atoms with Crippen LogP contribution in [0.1, 0.15) is 52.5 Å². The summed E-state index contributed by atoms with van der Waals surface area (Å²) in [7, 11) is 0. The molecule has 0 bridgehead atoms. The largest absolute Gasteiger partial charge is 0.480 e. The minimum Gasteiger partial charge on any atom is -0.480 e. The molecule has 24 heteroatoms. The molecule has 0 saturated carbocycles. The van der Waals surface area contributed by atoms with E-state index in [1.165, 1.54) is 11.8 Å².